The Morgan fingerprint density at radius 1 is 1.30 bits per heavy atom. The number of sulfone groups is 1. The molecule has 2 aliphatic heterocycles. The van der Waals surface area contributed by atoms with Crippen LogP contribution in [0.5, 0.6) is 0 Å². The predicted octanol–water partition coefficient (Wildman–Crippen LogP) is 1.70. The topological polar surface area (TPSA) is 66.5 Å². The number of amides is 1. The Morgan fingerprint density at radius 2 is 1.87 bits per heavy atom. The van der Waals surface area contributed by atoms with E-state index in [0.29, 0.717) is 29.4 Å². The van der Waals surface area contributed by atoms with E-state index in [4.69, 9.17) is 0 Å². The maximum Gasteiger partial charge on any atom is 0.256 e. The molecule has 0 aliphatic carbocycles. The zero-order valence-corrected chi connectivity index (χ0v) is 15.6. The van der Waals surface area contributed by atoms with Crippen molar-refractivity contribution >= 4 is 44.1 Å². The molecule has 1 aromatic rings. The highest BCUT2D eigenvalue weighted by atomic mass is 79.9. The number of halogens is 3. The SMILES string of the molecule is CS(=O)(=O)c1cc(Br)cc(C(=O)N2C[C@H]3CNC[C@H]3C2)c1F.Cl. The van der Waals surface area contributed by atoms with Gasteiger partial charge in [0.25, 0.3) is 5.91 Å². The number of benzene rings is 1. The fourth-order valence-electron chi connectivity index (χ4n) is 3.18. The first kappa shape index (κ1) is 18.6. The lowest BCUT2D eigenvalue weighted by molar-refractivity contribution is 0.0776. The molecule has 23 heavy (non-hydrogen) atoms. The van der Waals surface area contributed by atoms with Gasteiger partial charge in [-0.2, -0.15) is 0 Å². The van der Waals surface area contributed by atoms with E-state index in [1.54, 1.807) is 4.90 Å². The van der Waals surface area contributed by atoms with Crippen molar-refractivity contribution in [1.82, 2.24) is 10.2 Å². The van der Waals surface area contributed by atoms with E-state index in [9.17, 15) is 17.6 Å². The molecule has 2 aliphatic rings. The second-order valence-electron chi connectivity index (χ2n) is 5.93. The molecule has 1 N–H and O–H groups in total. The van der Waals surface area contributed by atoms with Crippen LogP contribution in [0.15, 0.2) is 21.5 Å². The summed E-state index contributed by atoms with van der Waals surface area (Å²) >= 11 is 3.15. The quantitative estimate of drug-likeness (QED) is 0.780. The summed E-state index contributed by atoms with van der Waals surface area (Å²) in [6.07, 6.45) is 0.929. The van der Waals surface area contributed by atoms with Gasteiger partial charge in [0.05, 0.1) is 5.56 Å². The Bertz CT molecular complexity index is 732. The number of rotatable bonds is 2. The molecule has 3 rings (SSSR count). The van der Waals surface area contributed by atoms with Gasteiger partial charge in [-0.05, 0) is 24.0 Å². The van der Waals surface area contributed by atoms with Crippen LogP contribution in [0.3, 0.4) is 0 Å². The molecule has 2 saturated heterocycles. The third-order valence-corrected chi connectivity index (χ3v) is 5.86. The van der Waals surface area contributed by atoms with Gasteiger partial charge in [-0.1, -0.05) is 15.9 Å². The lowest BCUT2D eigenvalue weighted by atomic mass is 10.0. The van der Waals surface area contributed by atoms with Crippen LogP contribution in [0.2, 0.25) is 0 Å². The fraction of sp³-hybridized carbons (Fsp3) is 0.500. The zero-order chi connectivity index (χ0) is 16.1. The van der Waals surface area contributed by atoms with Gasteiger partial charge >= 0.3 is 0 Å². The smallest absolute Gasteiger partial charge is 0.256 e. The summed E-state index contributed by atoms with van der Waals surface area (Å²) in [6, 6.07) is 2.53. The third kappa shape index (κ3) is 3.55. The number of fused-ring (bicyclic) bond motifs is 1. The molecule has 5 nitrogen and oxygen atoms in total. The van der Waals surface area contributed by atoms with Crippen LogP contribution >= 0.6 is 28.3 Å². The van der Waals surface area contributed by atoms with Gasteiger partial charge < -0.3 is 10.2 Å². The standard InChI is InChI=1S/C14H16BrFN2O3S.ClH/c1-22(20,21)12-3-10(15)2-11(13(12)16)14(19)18-6-8-4-17-5-9(8)7-18;/h2-3,8-9,17H,4-7H2,1H3;1H/t8-,9+;. The highest BCUT2D eigenvalue weighted by molar-refractivity contribution is 9.10. The van der Waals surface area contributed by atoms with E-state index >= 15 is 0 Å². The van der Waals surface area contributed by atoms with Crippen LogP contribution in [0.4, 0.5) is 4.39 Å². The summed E-state index contributed by atoms with van der Waals surface area (Å²) in [7, 11) is -3.74. The average Bonchev–Trinajstić information content (AvgIpc) is 2.99. The number of carbonyl (C=O) groups is 1. The zero-order valence-electron chi connectivity index (χ0n) is 12.4. The number of likely N-dealkylation sites (tertiary alicyclic amines) is 1. The van der Waals surface area contributed by atoms with E-state index in [2.05, 4.69) is 21.2 Å². The summed E-state index contributed by atoms with van der Waals surface area (Å²) in [5, 5.41) is 3.27. The lowest BCUT2D eigenvalue weighted by Crippen LogP contribution is -2.32. The minimum atomic E-state index is -3.74. The van der Waals surface area contributed by atoms with Gasteiger partial charge in [0, 0.05) is 36.9 Å². The Morgan fingerprint density at radius 3 is 2.39 bits per heavy atom. The van der Waals surface area contributed by atoms with E-state index in [1.165, 1.54) is 12.1 Å². The lowest BCUT2D eigenvalue weighted by Gasteiger charge is -2.18. The first-order valence-corrected chi connectivity index (χ1v) is 9.65. The van der Waals surface area contributed by atoms with Gasteiger partial charge in [-0.25, -0.2) is 12.8 Å². The number of nitrogens with zero attached hydrogens (tertiary/aromatic N) is 1. The fourth-order valence-corrected chi connectivity index (χ4v) is 4.57. The van der Waals surface area contributed by atoms with Crippen molar-refractivity contribution in [3.8, 4) is 0 Å². The monoisotopic (exact) mass is 426 g/mol. The maximum absolute atomic E-state index is 14.5. The van der Waals surface area contributed by atoms with Gasteiger partial charge in [0.2, 0.25) is 0 Å². The van der Waals surface area contributed by atoms with Crippen molar-refractivity contribution in [2.24, 2.45) is 11.8 Å². The molecule has 2 atom stereocenters. The Balaban J connectivity index is 0.00000192. The summed E-state index contributed by atoms with van der Waals surface area (Å²) in [5.41, 5.74) is -0.192. The molecule has 2 fully saturated rings. The summed E-state index contributed by atoms with van der Waals surface area (Å²) in [6.45, 7) is 2.89. The van der Waals surface area contributed by atoms with Crippen molar-refractivity contribution in [1.29, 1.82) is 0 Å². The number of nitrogens with one attached hydrogen (secondary N) is 1. The number of hydrogen-bond donors (Lipinski definition) is 1. The minimum Gasteiger partial charge on any atom is -0.338 e. The van der Waals surface area contributed by atoms with Crippen LogP contribution in [-0.4, -0.2) is 51.7 Å². The van der Waals surface area contributed by atoms with Gasteiger partial charge in [0.1, 0.15) is 4.90 Å². The highest BCUT2D eigenvalue weighted by Gasteiger charge is 2.39. The molecule has 0 saturated carbocycles. The van der Waals surface area contributed by atoms with E-state index in [-0.39, 0.29) is 18.0 Å². The van der Waals surface area contributed by atoms with Crippen LogP contribution in [0.1, 0.15) is 10.4 Å². The second-order valence-corrected chi connectivity index (χ2v) is 8.83. The van der Waals surface area contributed by atoms with E-state index in [0.717, 1.165) is 19.3 Å². The molecule has 1 amide bonds. The minimum absolute atomic E-state index is 0. The molecule has 2 heterocycles. The van der Waals surface area contributed by atoms with Gasteiger partial charge in [-0.3, -0.25) is 4.79 Å². The summed E-state index contributed by atoms with van der Waals surface area (Å²) in [4.78, 5) is 13.7. The summed E-state index contributed by atoms with van der Waals surface area (Å²) in [5.74, 6) is -0.619. The molecule has 0 aromatic heterocycles. The average molecular weight is 428 g/mol. The molecule has 0 bridgehead atoms. The van der Waals surface area contributed by atoms with Crippen LogP contribution < -0.4 is 5.32 Å². The first-order chi connectivity index (χ1) is 10.3. The van der Waals surface area contributed by atoms with Gasteiger partial charge in [-0.15, -0.1) is 12.4 Å². The van der Waals surface area contributed by atoms with Crippen molar-refractivity contribution in [2.75, 3.05) is 32.4 Å². The molecule has 128 valence electrons. The summed E-state index contributed by atoms with van der Waals surface area (Å²) < 4.78 is 38.2. The molecule has 0 spiro atoms. The van der Waals surface area contributed by atoms with E-state index < -0.39 is 26.5 Å². The van der Waals surface area contributed by atoms with Crippen molar-refractivity contribution in [2.45, 2.75) is 4.90 Å². The Hall–Kier alpha value is -0.700. The van der Waals surface area contributed by atoms with Gasteiger partial charge in [0.15, 0.2) is 15.7 Å². The molecular formula is C14H17BrClFN2O3S. The first-order valence-electron chi connectivity index (χ1n) is 6.96. The molecule has 9 heteroatoms. The van der Waals surface area contributed by atoms with Crippen LogP contribution in [-0.2, 0) is 9.84 Å². The largest absolute Gasteiger partial charge is 0.338 e. The van der Waals surface area contributed by atoms with Crippen LogP contribution in [0, 0.1) is 17.7 Å². The Kier molecular flexibility index (Phi) is 5.40. The van der Waals surface area contributed by atoms with Crippen molar-refractivity contribution in [3.63, 3.8) is 0 Å². The molecule has 1 aromatic carbocycles. The number of carbonyl (C=O) groups excluding carboxylic acids is 1. The van der Waals surface area contributed by atoms with Crippen molar-refractivity contribution in [3.05, 3.63) is 28.0 Å². The molecular weight excluding hydrogens is 411 g/mol. The third-order valence-electron chi connectivity index (χ3n) is 4.31. The normalized spacial score (nSPS) is 23.5. The highest BCUT2D eigenvalue weighted by Crippen LogP contribution is 2.30. The number of hydrogen-bond acceptors (Lipinski definition) is 4. The predicted molar refractivity (Wildman–Crippen MR) is 90.2 cm³/mol. The van der Waals surface area contributed by atoms with Crippen molar-refractivity contribution < 1.29 is 17.6 Å². The maximum atomic E-state index is 14.5. The second kappa shape index (κ2) is 6.66. The Labute approximate surface area is 149 Å². The molecule has 0 radical (unpaired) electrons. The molecule has 0 unspecified atom stereocenters. The van der Waals surface area contributed by atoms with Crippen LogP contribution in [0.25, 0.3) is 0 Å². The van der Waals surface area contributed by atoms with E-state index in [1.807, 2.05) is 0 Å².